The molecule has 1 fully saturated rings. The van der Waals surface area contributed by atoms with E-state index in [2.05, 4.69) is 36.8 Å². The Hall–Kier alpha value is -1.28. The van der Waals surface area contributed by atoms with Gasteiger partial charge in [-0.1, -0.05) is 27.5 Å². The standard InChI is InChI=1S/C21H18Br2ClNO4/c22-13-6-14-17(26)9-21(29-20(14)15(23)7-13)1-3-25(4-2-21)10-12-5-18-19(8-16(12)24)28-11-27-18/h5-8H,1-4,9-11H2. The largest absolute Gasteiger partial charge is 0.485 e. The molecular formula is C21H18Br2ClNO4. The Morgan fingerprint density at radius 1 is 1.07 bits per heavy atom. The lowest BCUT2D eigenvalue weighted by Crippen LogP contribution is -2.50. The fourth-order valence-electron chi connectivity index (χ4n) is 4.23. The molecule has 0 unspecified atom stereocenters. The number of piperidine rings is 1. The van der Waals surface area contributed by atoms with Crippen LogP contribution in [0.3, 0.4) is 0 Å². The lowest BCUT2D eigenvalue weighted by Gasteiger charge is -2.44. The number of hydrogen-bond acceptors (Lipinski definition) is 5. The van der Waals surface area contributed by atoms with E-state index in [1.165, 1.54) is 0 Å². The van der Waals surface area contributed by atoms with Crippen LogP contribution in [0.15, 0.2) is 33.2 Å². The second-order valence-electron chi connectivity index (χ2n) is 7.72. The number of rotatable bonds is 2. The molecule has 5 nitrogen and oxygen atoms in total. The summed E-state index contributed by atoms with van der Waals surface area (Å²) in [5.41, 5.74) is 1.23. The second-order valence-corrected chi connectivity index (χ2v) is 9.90. The van der Waals surface area contributed by atoms with Crippen LogP contribution in [-0.2, 0) is 6.54 Å². The minimum Gasteiger partial charge on any atom is -0.485 e. The molecule has 3 aliphatic heterocycles. The number of nitrogens with zero attached hydrogens (tertiary/aromatic N) is 1. The number of likely N-dealkylation sites (tertiary alicyclic amines) is 1. The van der Waals surface area contributed by atoms with Crippen molar-refractivity contribution < 1.29 is 19.0 Å². The smallest absolute Gasteiger partial charge is 0.231 e. The maximum atomic E-state index is 12.8. The van der Waals surface area contributed by atoms with Crippen LogP contribution in [0.5, 0.6) is 17.2 Å². The van der Waals surface area contributed by atoms with Gasteiger partial charge < -0.3 is 14.2 Å². The van der Waals surface area contributed by atoms with Crippen LogP contribution in [0.25, 0.3) is 0 Å². The number of carbonyl (C=O) groups is 1. The number of Topliss-reactive ketones (excluding diaryl/α,β-unsaturated/α-hetero) is 1. The Kier molecular flexibility index (Phi) is 5.05. The molecule has 0 atom stereocenters. The van der Waals surface area contributed by atoms with E-state index in [9.17, 15) is 4.79 Å². The molecule has 3 aliphatic rings. The molecular weight excluding hydrogens is 525 g/mol. The molecule has 152 valence electrons. The van der Waals surface area contributed by atoms with Crippen LogP contribution in [0.4, 0.5) is 0 Å². The van der Waals surface area contributed by atoms with E-state index in [1.807, 2.05) is 24.3 Å². The van der Waals surface area contributed by atoms with Crippen molar-refractivity contribution in [2.75, 3.05) is 19.9 Å². The summed E-state index contributed by atoms with van der Waals surface area (Å²) in [5, 5.41) is 0.682. The number of carbonyl (C=O) groups excluding carboxylic acids is 1. The molecule has 0 radical (unpaired) electrons. The van der Waals surface area contributed by atoms with Gasteiger partial charge in [0, 0.05) is 48.0 Å². The molecule has 0 saturated carbocycles. The van der Waals surface area contributed by atoms with Gasteiger partial charge in [-0.2, -0.15) is 0 Å². The van der Waals surface area contributed by atoms with Gasteiger partial charge in [0.05, 0.1) is 16.5 Å². The van der Waals surface area contributed by atoms with Crippen molar-refractivity contribution in [1.29, 1.82) is 0 Å². The molecule has 3 heterocycles. The summed E-state index contributed by atoms with van der Waals surface area (Å²) in [7, 11) is 0. The van der Waals surface area contributed by atoms with Crippen molar-refractivity contribution >= 4 is 49.2 Å². The Labute approximate surface area is 190 Å². The zero-order valence-electron chi connectivity index (χ0n) is 15.5. The molecule has 0 N–H and O–H groups in total. The quantitative estimate of drug-likeness (QED) is 0.494. The van der Waals surface area contributed by atoms with Gasteiger partial charge in [0.25, 0.3) is 0 Å². The highest BCUT2D eigenvalue weighted by Gasteiger charge is 2.43. The van der Waals surface area contributed by atoms with Crippen molar-refractivity contribution in [3.05, 3.63) is 49.4 Å². The summed E-state index contributed by atoms with van der Waals surface area (Å²) in [6.45, 7) is 2.64. The molecule has 1 spiro atoms. The maximum Gasteiger partial charge on any atom is 0.231 e. The highest BCUT2D eigenvalue weighted by atomic mass is 79.9. The highest BCUT2D eigenvalue weighted by Crippen LogP contribution is 2.44. The fourth-order valence-corrected chi connectivity index (χ4v) is 5.75. The minimum absolute atomic E-state index is 0.139. The lowest BCUT2D eigenvalue weighted by molar-refractivity contribution is -0.0113. The van der Waals surface area contributed by atoms with Crippen LogP contribution in [0.1, 0.15) is 35.2 Å². The second kappa shape index (κ2) is 7.45. The predicted octanol–water partition coefficient (Wildman–Crippen LogP) is 5.59. The van der Waals surface area contributed by atoms with Gasteiger partial charge in [0.1, 0.15) is 11.4 Å². The average molecular weight is 544 g/mol. The minimum atomic E-state index is -0.435. The Balaban J connectivity index is 1.30. The molecule has 0 aliphatic carbocycles. The molecule has 8 heteroatoms. The molecule has 2 aromatic carbocycles. The van der Waals surface area contributed by atoms with E-state index in [4.69, 9.17) is 25.8 Å². The molecule has 5 rings (SSSR count). The third-order valence-corrected chi connectivity index (χ3v) is 7.21. The molecule has 0 amide bonds. The van der Waals surface area contributed by atoms with Crippen molar-refractivity contribution in [3.63, 3.8) is 0 Å². The van der Waals surface area contributed by atoms with Gasteiger partial charge in [-0.25, -0.2) is 0 Å². The summed E-state index contributed by atoms with van der Waals surface area (Å²) in [5.74, 6) is 2.24. The first-order chi connectivity index (χ1) is 13.9. The predicted molar refractivity (Wildman–Crippen MR) is 116 cm³/mol. The van der Waals surface area contributed by atoms with Crippen molar-refractivity contribution in [2.24, 2.45) is 0 Å². The van der Waals surface area contributed by atoms with E-state index < -0.39 is 5.60 Å². The molecule has 1 saturated heterocycles. The van der Waals surface area contributed by atoms with Gasteiger partial charge in [0.15, 0.2) is 17.3 Å². The summed E-state index contributed by atoms with van der Waals surface area (Å²) >= 11 is 13.4. The summed E-state index contributed by atoms with van der Waals surface area (Å²) in [6, 6.07) is 7.54. The monoisotopic (exact) mass is 541 g/mol. The third-order valence-electron chi connectivity index (χ3n) is 5.81. The fraction of sp³-hybridized carbons (Fsp3) is 0.381. The van der Waals surface area contributed by atoms with E-state index in [0.717, 1.165) is 52.7 Å². The zero-order valence-corrected chi connectivity index (χ0v) is 19.4. The SMILES string of the molecule is O=C1CC2(CCN(Cc3cc4c(cc3Cl)OCO4)CC2)Oc2c(Br)cc(Br)cc21. The van der Waals surface area contributed by atoms with E-state index in [-0.39, 0.29) is 12.6 Å². The van der Waals surface area contributed by atoms with E-state index in [1.54, 1.807) is 0 Å². The first-order valence-electron chi connectivity index (χ1n) is 9.44. The van der Waals surface area contributed by atoms with Crippen molar-refractivity contribution in [2.45, 2.75) is 31.4 Å². The van der Waals surface area contributed by atoms with Gasteiger partial charge in [-0.05, 0) is 39.7 Å². The van der Waals surface area contributed by atoms with E-state index >= 15 is 0 Å². The Morgan fingerprint density at radius 2 is 1.79 bits per heavy atom. The summed E-state index contributed by atoms with van der Waals surface area (Å²) in [4.78, 5) is 15.2. The number of ketones is 1. The van der Waals surface area contributed by atoms with Crippen LogP contribution in [0, 0.1) is 0 Å². The molecule has 2 aromatic rings. The topological polar surface area (TPSA) is 48.0 Å². The van der Waals surface area contributed by atoms with Crippen LogP contribution < -0.4 is 14.2 Å². The Bertz CT molecular complexity index is 1000. The highest BCUT2D eigenvalue weighted by molar-refractivity contribution is 9.11. The first-order valence-corrected chi connectivity index (χ1v) is 11.4. The summed E-state index contributed by atoms with van der Waals surface area (Å²) < 4.78 is 19.0. The van der Waals surface area contributed by atoms with Crippen molar-refractivity contribution in [3.8, 4) is 17.2 Å². The number of fused-ring (bicyclic) bond motifs is 2. The maximum absolute atomic E-state index is 12.8. The van der Waals surface area contributed by atoms with E-state index in [0.29, 0.717) is 28.5 Å². The third kappa shape index (κ3) is 3.67. The number of ether oxygens (including phenoxy) is 3. The van der Waals surface area contributed by atoms with Gasteiger partial charge >= 0.3 is 0 Å². The first kappa shape index (κ1) is 19.7. The Morgan fingerprint density at radius 3 is 2.55 bits per heavy atom. The van der Waals surface area contributed by atoms with Gasteiger partial charge in [-0.3, -0.25) is 9.69 Å². The average Bonchev–Trinajstić information content (AvgIpc) is 3.12. The number of hydrogen-bond donors (Lipinski definition) is 0. The number of halogens is 3. The number of benzene rings is 2. The molecule has 0 bridgehead atoms. The van der Waals surface area contributed by atoms with Gasteiger partial charge in [-0.15, -0.1) is 0 Å². The zero-order chi connectivity index (χ0) is 20.2. The van der Waals surface area contributed by atoms with Crippen LogP contribution in [0.2, 0.25) is 5.02 Å². The van der Waals surface area contributed by atoms with Crippen LogP contribution >= 0.6 is 43.5 Å². The molecule has 0 aromatic heterocycles. The lowest BCUT2D eigenvalue weighted by atomic mass is 9.82. The summed E-state index contributed by atoms with van der Waals surface area (Å²) in [6.07, 6.45) is 2.01. The normalized spacial score (nSPS) is 19.9. The molecule has 29 heavy (non-hydrogen) atoms. The van der Waals surface area contributed by atoms with Crippen molar-refractivity contribution in [1.82, 2.24) is 4.90 Å². The van der Waals surface area contributed by atoms with Gasteiger partial charge in [0.2, 0.25) is 6.79 Å². The van der Waals surface area contributed by atoms with Crippen LogP contribution in [-0.4, -0.2) is 36.2 Å².